The number of thiophene rings is 1. The van der Waals surface area contributed by atoms with Gasteiger partial charge in [-0.3, -0.25) is 9.69 Å². The molecular weight excluding hydrogens is 288 g/mol. The molecule has 21 heavy (non-hydrogen) atoms. The number of carboxylic acid groups (broad SMARTS) is 1. The van der Waals surface area contributed by atoms with E-state index in [4.69, 9.17) is 5.11 Å². The van der Waals surface area contributed by atoms with Gasteiger partial charge < -0.3 is 10.4 Å². The van der Waals surface area contributed by atoms with E-state index in [2.05, 4.69) is 15.3 Å². The summed E-state index contributed by atoms with van der Waals surface area (Å²) in [6.45, 7) is 2.89. The van der Waals surface area contributed by atoms with Gasteiger partial charge in [-0.15, -0.1) is 11.3 Å². The van der Waals surface area contributed by atoms with Crippen molar-refractivity contribution < 1.29 is 9.90 Å². The van der Waals surface area contributed by atoms with Crippen LogP contribution in [0.2, 0.25) is 0 Å². The van der Waals surface area contributed by atoms with E-state index < -0.39 is 5.97 Å². The number of likely N-dealkylation sites (N-methyl/N-ethyl adjacent to an activating group) is 1. The first kappa shape index (κ1) is 14.2. The highest BCUT2D eigenvalue weighted by atomic mass is 32.1. The number of fused-ring (bicyclic) bond motifs is 1. The molecule has 0 spiro atoms. The van der Waals surface area contributed by atoms with Crippen molar-refractivity contribution in [2.45, 2.75) is 31.8 Å². The number of aliphatic carboxylic acids is 1. The minimum atomic E-state index is -0.760. The van der Waals surface area contributed by atoms with Crippen molar-refractivity contribution in [1.82, 2.24) is 14.9 Å². The number of hydrogen-bond acceptors (Lipinski definition) is 6. The van der Waals surface area contributed by atoms with Crippen LogP contribution in [0.15, 0.2) is 17.8 Å². The van der Waals surface area contributed by atoms with Crippen molar-refractivity contribution in [3.8, 4) is 0 Å². The third-order valence-electron chi connectivity index (χ3n) is 3.98. The van der Waals surface area contributed by atoms with E-state index in [0.717, 1.165) is 35.4 Å². The van der Waals surface area contributed by atoms with Crippen LogP contribution in [0.25, 0.3) is 10.2 Å². The number of hydrogen-bond donors (Lipinski definition) is 2. The Morgan fingerprint density at radius 1 is 1.52 bits per heavy atom. The quantitative estimate of drug-likeness (QED) is 0.850. The van der Waals surface area contributed by atoms with Gasteiger partial charge in [0.1, 0.15) is 17.0 Å². The summed E-state index contributed by atoms with van der Waals surface area (Å²) in [4.78, 5) is 22.4. The highest BCUT2D eigenvalue weighted by molar-refractivity contribution is 7.16. The van der Waals surface area contributed by atoms with Gasteiger partial charge in [0.2, 0.25) is 0 Å². The van der Waals surface area contributed by atoms with Crippen molar-refractivity contribution in [3.63, 3.8) is 0 Å². The minimum absolute atomic E-state index is 0.121. The molecule has 3 rings (SSSR count). The van der Waals surface area contributed by atoms with Gasteiger partial charge in [0.15, 0.2) is 0 Å². The SMILES string of the molecule is CCN(CC(=O)O)C1CC(Nc2ncnc3sccc23)C1. The fourth-order valence-corrected chi connectivity index (χ4v) is 3.51. The Kier molecular flexibility index (Phi) is 4.03. The van der Waals surface area contributed by atoms with Gasteiger partial charge in [-0.1, -0.05) is 6.92 Å². The molecule has 0 aromatic carbocycles. The second-order valence-corrected chi connectivity index (χ2v) is 6.18. The molecule has 1 aliphatic rings. The van der Waals surface area contributed by atoms with Gasteiger partial charge in [-0.25, -0.2) is 9.97 Å². The van der Waals surface area contributed by atoms with Crippen LogP contribution in [0.5, 0.6) is 0 Å². The van der Waals surface area contributed by atoms with E-state index >= 15 is 0 Å². The predicted octanol–water partition coefficient (Wildman–Crippen LogP) is 2.04. The summed E-state index contributed by atoms with van der Waals surface area (Å²) in [5.74, 6) is 0.120. The summed E-state index contributed by atoms with van der Waals surface area (Å²) in [6, 6.07) is 2.74. The zero-order valence-corrected chi connectivity index (χ0v) is 12.6. The average Bonchev–Trinajstić information content (AvgIpc) is 2.89. The highest BCUT2D eigenvalue weighted by Gasteiger charge is 2.34. The molecule has 2 aromatic heterocycles. The normalized spacial score (nSPS) is 21.4. The molecule has 1 saturated carbocycles. The zero-order chi connectivity index (χ0) is 14.8. The van der Waals surface area contributed by atoms with Crippen LogP contribution in [-0.4, -0.2) is 51.1 Å². The van der Waals surface area contributed by atoms with Crippen molar-refractivity contribution in [2.24, 2.45) is 0 Å². The topological polar surface area (TPSA) is 78.4 Å². The number of nitrogens with zero attached hydrogens (tertiary/aromatic N) is 3. The molecule has 0 aliphatic heterocycles. The Morgan fingerprint density at radius 3 is 3.05 bits per heavy atom. The zero-order valence-electron chi connectivity index (χ0n) is 11.8. The summed E-state index contributed by atoms with van der Waals surface area (Å²) >= 11 is 1.61. The Morgan fingerprint density at radius 2 is 2.33 bits per heavy atom. The van der Waals surface area contributed by atoms with E-state index in [0.29, 0.717) is 12.1 Å². The largest absolute Gasteiger partial charge is 0.480 e. The van der Waals surface area contributed by atoms with Gasteiger partial charge in [0.25, 0.3) is 0 Å². The monoisotopic (exact) mass is 306 g/mol. The fraction of sp³-hybridized carbons (Fsp3) is 0.500. The van der Waals surface area contributed by atoms with E-state index in [1.165, 1.54) is 0 Å². The summed E-state index contributed by atoms with van der Waals surface area (Å²) < 4.78 is 0. The molecule has 0 amide bonds. The third-order valence-corrected chi connectivity index (χ3v) is 4.80. The first-order chi connectivity index (χ1) is 10.2. The highest BCUT2D eigenvalue weighted by Crippen LogP contribution is 2.31. The van der Waals surface area contributed by atoms with E-state index in [1.54, 1.807) is 17.7 Å². The van der Waals surface area contributed by atoms with E-state index in [-0.39, 0.29) is 6.54 Å². The lowest BCUT2D eigenvalue weighted by atomic mass is 9.85. The van der Waals surface area contributed by atoms with Gasteiger partial charge in [0.05, 0.1) is 11.9 Å². The molecule has 7 heteroatoms. The van der Waals surface area contributed by atoms with Gasteiger partial charge in [-0.2, -0.15) is 0 Å². The lowest BCUT2D eigenvalue weighted by molar-refractivity contribution is -0.139. The standard InChI is InChI=1S/C14H18N4O2S/c1-2-18(7-12(19)20)10-5-9(6-10)17-13-11-3-4-21-14(11)16-8-15-13/h3-4,8-10H,2,5-7H2,1H3,(H,19,20)(H,15,16,17). The fourth-order valence-electron chi connectivity index (χ4n) is 2.78. The Balaban J connectivity index is 1.59. The number of carbonyl (C=O) groups is 1. The molecule has 0 bridgehead atoms. The van der Waals surface area contributed by atoms with Crippen LogP contribution in [0, 0.1) is 0 Å². The first-order valence-corrected chi connectivity index (χ1v) is 7.96. The number of aromatic nitrogens is 2. The minimum Gasteiger partial charge on any atom is -0.480 e. The van der Waals surface area contributed by atoms with Crippen LogP contribution >= 0.6 is 11.3 Å². The molecule has 0 atom stereocenters. The molecule has 2 aromatic rings. The molecule has 0 radical (unpaired) electrons. The number of anilines is 1. The second kappa shape index (κ2) is 5.95. The maximum absolute atomic E-state index is 10.8. The van der Waals surface area contributed by atoms with Crippen LogP contribution in [-0.2, 0) is 4.79 Å². The van der Waals surface area contributed by atoms with Gasteiger partial charge >= 0.3 is 5.97 Å². The lowest BCUT2D eigenvalue weighted by Crippen LogP contribution is -2.51. The van der Waals surface area contributed by atoms with Crippen LogP contribution in [0.3, 0.4) is 0 Å². The van der Waals surface area contributed by atoms with Gasteiger partial charge in [-0.05, 0) is 30.8 Å². The average molecular weight is 306 g/mol. The summed E-state index contributed by atoms with van der Waals surface area (Å²) in [7, 11) is 0. The Labute approximate surface area is 126 Å². The molecule has 1 aliphatic carbocycles. The Hall–Kier alpha value is -1.73. The van der Waals surface area contributed by atoms with Crippen LogP contribution in [0.1, 0.15) is 19.8 Å². The maximum atomic E-state index is 10.8. The number of carboxylic acids is 1. The third kappa shape index (κ3) is 2.98. The van der Waals surface area contributed by atoms with Crippen molar-refractivity contribution in [1.29, 1.82) is 0 Å². The molecule has 0 saturated heterocycles. The Bertz CT molecular complexity index is 639. The second-order valence-electron chi connectivity index (χ2n) is 5.29. The first-order valence-electron chi connectivity index (χ1n) is 7.08. The lowest BCUT2D eigenvalue weighted by Gasteiger charge is -2.42. The van der Waals surface area contributed by atoms with Crippen molar-refractivity contribution >= 4 is 33.3 Å². The smallest absolute Gasteiger partial charge is 0.317 e. The molecule has 2 heterocycles. The van der Waals surface area contributed by atoms with Crippen LogP contribution in [0.4, 0.5) is 5.82 Å². The molecular formula is C14H18N4O2S. The summed E-state index contributed by atoms with van der Waals surface area (Å²) in [5, 5.41) is 15.4. The van der Waals surface area contributed by atoms with Gasteiger partial charge in [0, 0.05) is 12.1 Å². The van der Waals surface area contributed by atoms with E-state index in [9.17, 15) is 4.79 Å². The molecule has 6 nitrogen and oxygen atoms in total. The molecule has 112 valence electrons. The summed E-state index contributed by atoms with van der Waals surface area (Å²) in [5.41, 5.74) is 0. The van der Waals surface area contributed by atoms with Crippen molar-refractivity contribution in [3.05, 3.63) is 17.8 Å². The maximum Gasteiger partial charge on any atom is 0.317 e. The summed E-state index contributed by atoms with van der Waals surface area (Å²) in [6.07, 6.45) is 3.49. The predicted molar refractivity (Wildman–Crippen MR) is 82.7 cm³/mol. The van der Waals surface area contributed by atoms with E-state index in [1.807, 2.05) is 23.3 Å². The molecule has 2 N–H and O–H groups in total. The molecule has 1 fully saturated rings. The molecule has 0 unspecified atom stereocenters. The number of nitrogens with one attached hydrogen (secondary N) is 1. The van der Waals surface area contributed by atoms with Crippen molar-refractivity contribution in [2.75, 3.05) is 18.4 Å². The number of rotatable bonds is 6. The van der Waals surface area contributed by atoms with Crippen LogP contribution < -0.4 is 5.32 Å².